The van der Waals surface area contributed by atoms with E-state index >= 15 is 0 Å². The second kappa shape index (κ2) is 28.4. The molecule has 0 saturated carbocycles. The molecule has 56 valence electrons. The molecule has 0 heterocycles. The summed E-state index contributed by atoms with van der Waals surface area (Å²) in [5.74, 6) is 0. The molecule has 0 saturated heterocycles. The van der Waals surface area contributed by atoms with Crippen LogP contribution in [0.4, 0.5) is 0 Å². The molecule has 0 rings (SSSR count). The van der Waals surface area contributed by atoms with E-state index in [2.05, 4.69) is 12.2 Å². The Labute approximate surface area is 56.5 Å². The van der Waals surface area contributed by atoms with Gasteiger partial charge >= 0.3 is 0 Å². The molecule has 8 heteroatoms. The third kappa shape index (κ3) is 144. The van der Waals surface area contributed by atoms with Crippen molar-refractivity contribution in [1.82, 2.24) is 12.3 Å². The zero-order valence-corrected chi connectivity index (χ0v) is 5.84. The van der Waals surface area contributed by atoms with Crippen LogP contribution in [0.2, 0.25) is 0 Å². The minimum atomic E-state index is -1.75. The van der Waals surface area contributed by atoms with Crippen LogP contribution in [0.5, 0.6) is 0 Å². The van der Waals surface area contributed by atoms with Crippen LogP contribution >= 0.6 is 12.2 Å². The summed E-state index contributed by atoms with van der Waals surface area (Å²) in [6.45, 7) is 0. The number of rotatable bonds is 0. The molecule has 0 aromatic carbocycles. The van der Waals surface area contributed by atoms with E-state index < -0.39 is 5.09 Å². The summed E-state index contributed by atoms with van der Waals surface area (Å²) in [6, 6.07) is 0. The van der Waals surface area contributed by atoms with Crippen LogP contribution in [0.15, 0.2) is 0 Å². The normalized spacial score (nSPS) is 3.56. The molecule has 0 aliphatic carbocycles. The average molecular weight is 156 g/mol. The van der Waals surface area contributed by atoms with E-state index in [4.69, 9.17) is 20.7 Å². The van der Waals surface area contributed by atoms with Gasteiger partial charge in [0.15, 0.2) is 0 Å². The highest BCUT2D eigenvalue weighted by atomic mass is 32.1. The van der Waals surface area contributed by atoms with Crippen molar-refractivity contribution in [1.29, 1.82) is 0 Å². The first-order chi connectivity index (χ1) is 3.15. The fraction of sp³-hybridized carbons (Fsp3) is 0. The van der Waals surface area contributed by atoms with E-state index in [-0.39, 0.29) is 12.3 Å². The lowest BCUT2D eigenvalue weighted by Crippen LogP contribution is -1.74. The molecule has 0 unspecified atom stereocenters. The molecule has 0 aliphatic heterocycles. The summed E-state index contributed by atoms with van der Waals surface area (Å²) in [5.41, 5.74) is 0. The maximum absolute atomic E-state index is 8.25. The molecule has 0 aliphatic rings. The molecule has 0 fully saturated rings. The minimum absolute atomic E-state index is 0. The number of hydrogen-bond acceptors (Lipinski definition) is 4. The molecule has 0 aromatic heterocycles. The first-order valence-electron chi connectivity index (χ1n) is 0.975. The average Bonchev–Trinajstić information content (AvgIpc) is 1.33. The Balaban J connectivity index is -0.0000000233. The Kier molecular flexibility index (Phi) is 78.0. The van der Waals surface area contributed by atoms with Gasteiger partial charge in [-0.25, -0.2) is 0 Å². The molecule has 9 heavy (non-hydrogen) atoms. The van der Waals surface area contributed by atoms with Crippen molar-refractivity contribution < 1.29 is 5.09 Å². The maximum Gasteiger partial charge on any atom is 0.0689 e. The zero-order valence-electron chi connectivity index (χ0n) is 5.03. The van der Waals surface area contributed by atoms with Gasteiger partial charge in [0, 0.05) is 0 Å². The maximum atomic E-state index is 8.25. The highest BCUT2D eigenvalue weighted by Gasteiger charge is 1.45. The number of nitrogens with zero attached hydrogens (tertiary/aromatic N) is 2. The predicted octanol–water partition coefficient (Wildman–Crippen LogP) is 1.17. The van der Waals surface area contributed by atoms with E-state index in [9.17, 15) is 0 Å². The number of hydrogen-bond donors (Lipinski definition) is 2. The zero-order chi connectivity index (χ0) is 6.28. The molecular formula is CH8N4O3S. The van der Waals surface area contributed by atoms with Crippen LogP contribution in [0, 0.1) is 15.3 Å². The van der Waals surface area contributed by atoms with Crippen molar-refractivity contribution in [3.05, 3.63) is 20.7 Å². The van der Waals surface area contributed by atoms with Gasteiger partial charge in [-0.1, -0.05) is 12.2 Å². The van der Waals surface area contributed by atoms with Gasteiger partial charge in [0.1, 0.15) is 0 Å². The second-order valence-corrected chi connectivity index (χ2v) is 0.497. The lowest BCUT2D eigenvalue weighted by atomic mass is 11.8. The fourth-order valence-corrected chi connectivity index (χ4v) is 0. The molecule has 0 radical (unpaired) electrons. The summed E-state index contributed by atoms with van der Waals surface area (Å²) in [4.78, 5) is 8.25. The minimum Gasteiger partial charge on any atom is -0.753 e. The predicted molar refractivity (Wildman–Crippen MR) is 38.3 cm³/mol. The van der Waals surface area contributed by atoms with Crippen molar-refractivity contribution in [3.8, 4) is 0 Å². The van der Waals surface area contributed by atoms with E-state index in [1.807, 2.05) is 0 Å². The van der Waals surface area contributed by atoms with E-state index in [0.717, 1.165) is 0 Å². The van der Waals surface area contributed by atoms with Crippen LogP contribution < -0.4 is 12.3 Å². The molecule has 0 bridgehead atoms. The van der Waals surface area contributed by atoms with Crippen LogP contribution in [0.1, 0.15) is 0 Å². The van der Waals surface area contributed by atoms with Gasteiger partial charge in [0.2, 0.25) is 0 Å². The third-order valence-corrected chi connectivity index (χ3v) is 0. The highest BCUT2D eigenvalue weighted by Crippen LogP contribution is 1.44. The topological polar surface area (TPSA) is 162 Å². The summed E-state index contributed by atoms with van der Waals surface area (Å²) in [6.07, 6.45) is 0. The van der Waals surface area contributed by atoms with Crippen LogP contribution in [-0.4, -0.2) is 10.2 Å². The van der Waals surface area contributed by atoms with Crippen molar-refractivity contribution in [3.63, 3.8) is 0 Å². The van der Waals surface area contributed by atoms with Gasteiger partial charge in [-0.15, -0.1) is 0 Å². The van der Waals surface area contributed by atoms with Gasteiger partial charge in [-0.3, -0.25) is 0 Å². The number of isothiocyanates is 1. The van der Waals surface area contributed by atoms with Gasteiger partial charge in [0.25, 0.3) is 0 Å². The molecule has 7 nitrogen and oxygen atoms in total. The SMILES string of the molecule is O=[N+]([O-])[O-].[N-]=C=S.[NH4+].[NH4+]. The summed E-state index contributed by atoms with van der Waals surface area (Å²) in [5, 5.41) is 23.2. The van der Waals surface area contributed by atoms with Crippen molar-refractivity contribution in [2.75, 3.05) is 0 Å². The van der Waals surface area contributed by atoms with Crippen molar-refractivity contribution >= 4 is 17.4 Å². The summed E-state index contributed by atoms with van der Waals surface area (Å²) >= 11 is 3.70. The molecule has 0 amide bonds. The van der Waals surface area contributed by atoms with Crippen LogP contribution in [0.25, 0.3) is 5.41 Å². The first-order valence-corrected chi connectivity index (χ1v) is 1.38. The van der Waals surface area contributed by atoms with Gasteiger partial charge < -0.3 is 33.0 Å². The molecule has 8 N–H and O–H groups in total. The smallest absolute Gasteiger partial charge is 0.0689 e. The Morgan fingerprint density at radius 2 is 1.44 bits per heavy atom. The Morgan fingerprint density at radius 1 is 1.44 bits per heavy atom. The monoisotopic (exact) mass is 156 g/mol. The first kappa shape index (κ1) is 24.7. The number of thiocarbonyl (C=S) groups is 1. The van der Waals surface area contributed by atoms with Crippen molar-refractivity contribution in [2.45, 2.75) is 0 Å². The number of quaternary nitrogens is 2. The van der Waals surface area contributed by atoms with Gasteiger partial charge in [-0.05, 0) is 0 Å². The standard InChI is InChI=1S/CNS.NO3.2H3N/c2-1-3;2-1(3)4;;/h;;2*1H3/q2*-1;;/p+2. The summed E-state index contributed by atoms with van der Waals surface area (Å²) in [7, 11) is 0. The molecule has 0 atom stereocenters. The largest absolute Gasteiger partial charge is 0.753 e. The molecular weight excluding hydrogens is 148 g/mol. The van der Waals surface area contributed by atoms with E-state index in [1.165, 1.54) is 5.16 Å². The lowest BCUT2D eigenvalue weighted by molar-refractivity contribution is -0.402. The van der Waals surface area contributed by atoms with Gasteiger partial charge in [0.05, 0.1) is 5.09 Å². The van der Waals surface area contributed by atoms with Crippen LogP contribution in [-0.2, 0) is 0 Å². The Hall–Kier alpha value is -1.08. The van der Waals surface area contributed by atoms with Gasteiger partial charge in [-0.2, -0.15) is 5.16 Å². The fourth-order valence-electron chi connectivity index (χ4n) is 0. The Bertz CT molecular complexity index is 83.8. The molecule has 0 aromatic rings. The molecule has 0 spiro atoms. The third-order valence-electron chi connectivity index (χ3n) is 0. The summed E-state index contributed by atoms with van der Waals surface area (Å²) < 4.78 is 0. The quantitative estimate of drug-likeness (QED) is 0.233. The second-order valence-electron chi connectivity index (χ2n) is 0.315. The van der Waals surface area contributed by atoms with E-state index in [1.54, 1.807) is 0 Å². The van der Waals surface area contributed by atoms with Crippen LogP contribution in [0.3, 0.4) is 0 Å². The highest BCUT2D eigenvalue weighted by molar-refractivity contribution is 7.78. The lowest BCUT2D eigenvalue weighted by Gasteiger charge is -1.74. The van der Waals surface area contributed by atoms with E-state index in [0.29, 0.717) is 0 Å². The Morgan fingerprint density at radius 3 is 1.44 bits per heavy atom. The van der Waals surface area contributed by atoms with Crippen molar-refractivity contribution in [2.24, 2.45) is 0 Å².